The molecular weight excluding hydrogens is 332 g/mol. The van der Waals surface area contributed by atoms with E-state index in [-0.39, 0.29) is 5.91 Å². The van der Waals surface area contributed by atoms with E-state index in [0.29, 0.717) is 36.3 Å². The fourth-order valence-corrected chi connectivity index (χ4v) is 2.89. The molecule has 7 heteroatoms. The van der Waals surface area contributed by atoms with Crippen molar-refractivity contribution < 1.29 is 19.0 Å². The van der Waals surface area contributed by atoms with Crippen molar-refractivity contribution in [1.82, 2.24) is 10.2 Å². The van der Waals surface area contributed by atoms with Crippen LogP contribution in [0.25, 0.3) is 6.08 Å². The van der Waals surface area contributed by atoms with Gasteiger partial charge in [0.15, 0.2) is 11.5 Å². The summed E-state index contributed by atoms with van der Waals surface area (Å²) in [7, 11) is 0. The fraction of sp³-hybridized carbons (Fsp3) is 0.471. The van der Waals surface area contributed by atoms with Crippen molar-refractivity contribution in [3.05, 3.63) is 28.8 Å². The summed E-state index contributed by atoms with van der Waals surface area (Å²) in [6, 6.07) is 3.57. The summed E-state index contributed by atoms with van der Waals surface area (Å²) in [6.07, 6.45) is 3.22. The van der Waals surface area contributed by atoms with Gasteiger partial charge in [-0.3, -0.25) is 9.69 Å². The van der Waals surface area contributed by atoms with Gasteiger partial charge in [-0.1, -0.05) is 11.6 Å². The lowest BCUT2D eigenvalue weighted by Crippen LogP contribution is -2.41. The molecule has 3 rings (SSSR count). The van der Waals surface area contributed by atoms with Crippen molar-refractivity contribution >= 4 is 23.6 Å². The largest absolute Gasteiger partial charge is 0.486 e. The van der Waals surface area contributed by atoms with Crippen LogP contribution in [-0.4, -0.2) is 63.4 Å². The van der Waals surface area contributed by atoms with Gasteiger partial charge in [0.25, 0.3) is 0 Å². The molecule has 2 heterocycles. The second-order valence-corrected chi connectivity index (χ2v) is 6.01. The molecule has 0 atom stereocenters. The second-order valence-electron chi connectivity index (χ2n) is 5.61. The number of morpholine rings is 1. The Morgan fingerprint density at radius 1 is 1.21 bits per heavy atom. The number of carbonyl (C=O) groups excluding carboxylic acids is 1. The van der Waals surface area contributed by atoms with E-state index in [9.17, 15) is 4.79 Å². The van der Waals surface area contributed by atoms with Crippen LogP contribution in [0, 0.1) is 0 Å². The Hall–Kier alpha value is -1.76. The highest BCUT2D eigenvalue weighted by molar-refractivity contribution is 6.32. The van der Waals surface area contributed by atoms with Gasteiger partial charge < -0.3 is 19.5 Å². The molecule has 1 fully saturated rings. The SMILES string of the molecule is O=C(/C=C/c1cc(Cl)c2c(c1)OCCO2)NCCN1CCOCC1. The van der Waals surface area contributed by atoms with E-state index in [1.807, 2.05) is 6.07 Å². The number of benzene rings is 1. The van der Waals surface area contributed by atoms with Crippen LogP contribution in [0.15, 0.2) is 18.2 Å². The predicted octanol–water partition coefficient (Wildman–Crippen LogP) is 1.57. The monoisotopic (exact) mass is 352 g/mol. The van der Waals surface area contributed by atoms with E-state index in [2.05, 4.69) is 10.2 Å². The maximum absolute atomic E-state index is 11.9. The van der Waals surface area contributed by atoms with Crippen LogP contribution in [0.4, 0.5) is 0 Å². The van der Waals surface area contributed by atoms with Crippen molar-refractivity contribution in [1.29, 1.82) is 0 Å². The molecule has 24 heavy (non-hydrogen) atoms. The minimum atomic E-state index is -0.130. The third-order valence-electron chi connectivity index (χ3n) is 3.88. The molecule has 130 valence electrons. The van der Waals surface area contributed by atoms with Gasteiger partial charge in [-0.05, 0) is 23.8 Å². The first-order chi connectivity index (χ1) is 11.7. The van der Waals surface area contributed by atoms with E-state index in [1.54, 1.807) is 12.1 Å². The number of hydrogen-bond acceptors (Lipinski definition) is 5. The van der Waals surface area contributed by atoms with Gasteiger partial charge in [0.1, 0.15) is 13.2 Å². The molecule has 1 saturated heterocycles. The summed E-state index contributed by atoms with van der Waals surface area (Å²) in [5.74, 6) is 1.05. The van der Waals surface area contributed by atoms with Crippen LogP contribution < -0.4 is 14.8 Å². The zero-order valence-electron chi connectivity index (χ0n) is 13.4. The molecule has 0 bridgehead atoms. The van der Waals surface area contributed by atoms with E-state index in [0.717, 1.165) is 38.4 Å². The zero-order valence-corrected chi connectivity index (χ0v) is 14.2. The first-order valence-electron chi connectivity index (χ1n) is 8.07. The first kappa shape index (κ1) is 17.1. The molecule has 1 aromatic rings. The summed E-state index contributed by atoms with van der Waals surface area (Å²) in [6.45, 7) is 5.80. The van der Waals surface area contributed by atoms with Gasteiger partial charge in [-0.15, -0.1) is 0 Å². The number of amides is 1. The van der Waals surface area contributed by atoms with Crippen molar-refractivity contribution in [2.45, 2.75) is 0 Å². The van der Waals surface area contributed by atoms with Crippen molar-refractivity contribution in [3.63, 3.8) is 0 Å². The summed E-state index contributed by atoms with van der Waals surface area (Å²) >= 11 is 6.18. The predicted molar refractivity (Wildman–Crippen MR) is 91.7 cm³/mol. The molecular formula is C17H21ClN2O4. The van der Waals surface area contributed by atoms with Crippen LogP contribution >= 0.6 is 11.6 Å². The molecule has 2 aliphatic heterocycles. The lowest BCUT2D eigenvalue weighted by atomic mass is 10.1. The van der Waals surface area contributed by atoms with E-state index in [4.69, 9.17) is 25.8 Å². The highest BCUT2D eigenvalue weighted by atomic mass is 35.5. The number of rotatable bonds is 5. The minimum Gasteiger partial charge on any atom is -0.486 e. The van der Waals surface area contributed by atoms with Crippen LogP contribution in [0.1, 0.15) is 5.56 Å². The quantitative estimate of drug-likeness (QED) is 0.815. The molecule has 1 N–H and O–H groups in total. The van der Waals surface area contributed by atoms with Crippen molar-refractivity contribution in [2.24, 2.45) is 0 Å². The van der Waals surface area contributed by atoms with Crippen molar-refractivity contribution in [3.8, 4) is 11.5 Å². The van der Waals surface area contributed by atoms with E-state index < -0.39 is 0 Å². The average molecular weight is 353 g/mol. The van der Waals surface area contributed by atoms with E-state index in [1.165, 1.54) is 6.08 Å². The average Bonchev–Trinajstić information content (AvgIpc) is 2.61. The second kappa shape index (κ2) is 8.37. The smallest absolute Gasteiger partial charge is 0.244 e. The van der Waals surface area contributed by atoms with Gasteiger partial charge >= 0.3 is 0 Å². The van der Waals surface area contributed by atoms with Crippen LogP contribution in [0.3, 0.4) is 0 Å². The van der Waals surface area contributed by atoms with Gasteiger partial charge in [0.05, 0.1) is 18.2 Å². The lowest BCUT2D eigenvalue weighted by Gasteiger charge is -2.26. The molecule has 0 unspecified atom stereocenters. The van der Waals surface area contributed by atoms with Gasteiger partial charge in [0, 0.05) is 32.3 Å². The Bertz CT molecular complexity index is 615. The standard InChI is InChI=1S/C17H21ClN2O4/c18-14-11-13(12-15-17(14)24-10-9-23-15)1-2-16(21)19-3-4-20-5-7-22-8-6-20/h1-2,11-12H,3-10H2,(H,19,21)/b2-1+. The molecule has 0 aromatic heterocycles. The van der Waals surface area contributed by atoms with Crippen LogP contribution in [-0.2, 0) is 9.53 Å². The first-order valence-corrected chi connectivity index (χ1v) is 8.45. The molecule has 2 aliphatic rings. The number of hydrogen-bond donors (Lipinski definition) is 1. The van der Waals surface area contributed by atoms with Crippen molar-refractivity contribution in [2.75, 3.05) is 52.6 Å². The van der Waals surface area contributed by atoms with Crippen LogP contribution in [0.2, 0.25) is 5.02 Å². The van der Waals surface area contributed by atoms with Gasteiger partial charge in [-0.2, -0.15) is 0 Å². The number of carbonyl (C=O) groups is 1. The number of nitrogens with zero attached hydrogens (tertiary/aromatic N) is 1. The molecule has 0 radical (unpaired) electrons. The third-order valence-corrected chi connectivity index (χ3v) is 4.16. The summed E-state index contributed by atoms with van der Waals surface area (Å²) in [5, 5.41) is 3.37. The fourth-order valence-electron chi connectivity index (χ4n) is 2.62. The lowest BCUT2D eigenvalue weighted by molar-refractivity contribution is -0.116. The Labute approximate surface area is 146 Å². The zero-order chi connectivity index (χ0) is 16.8. The van der Waals surface area contributed by atoms with Crippen LogP contribution in [0.5, 0.6) is 11.5 Å². The third kappa shape index (κ3) is 4.63. The molecule has 0 spiro atoms. The number of fused-ring (bicyclic) bond motifs is 1. The maximum Gasteiger partial charge on any atom is 0.244 e. The number of nitrogens with one attached hydrogen (secondary N) is 1. The Morgan fingerprint density at radius 3 is 2.83 bits per heavy atom. The molecule has 0 aliphatic carbocycles. The normalized spacial score (nSPS) is 17.9. The molecule has 6 nitrogen and oxygen atoms in total. The molecule has 1 amide bonds. The summed E-state index contributed by atoms with van der Waals surface area (Å²) in [4.78, 5) is 14.2. The number of halogens is 1. The van der Waals surface area contributed by atoms with Gasteiger partial charge in [0.2, 0.25) is 5.91 Å². The van der Waals surface area contributed by atoms with Gasteiger partial charge in [-0.25, -0.2) is 0 Å². The number of ether oxygens (including phenoxy) is 3. The highest BCUT2D eigenvalue weighted by Gasteiger charge is 2.16. The Balaban J connectivity index is 1.49. The Kier molecular flexibility index (Phi) is 5.96. The topological polar surface area (TPSA) is 60.0 Å². The minimum absolute atomic E-state index is 0.130. The highest BCUT2D eigenvalue weighted by Crippen LogP contribution is 2.38. The Morgan fingerprint density at radius 2 is 2.00 bits per heavy atom. The summed E-state index contributed by atoms with van der Waals surface area (Å²) < 4.78 is 16.3. The summed E-state index contributed by atoms with van der Waals surface area (Å²) in [5.41, 5.74) is 0.799. The maximum atomic E-state index is 11.9. The molecule has 1 aromatic carbocycles. The van der Waals surface area contributed by atoms with E-state index >= 15 is 0 Å². The molecule has 0 saturated carbocycles.